The predicted octanol–water partition coefficient (Wildman–Crippen LogP) is 4.03. The number of methoxy groups -OCH3 is 2. The maximum Gasteiger partial charge on any atom is 0.244 e. The molecule has 34 heavy (non-hydrogen) atoms. The predicted molar refractivity (Wildman–Crippen MR) is 126 cm³/mol. The van der Waals surface area contributed by atoms with Gasteiger partial charge in [0.15, 0.2) is 5.78 Å². The number of fused-ring (bicyclic) bond motifs is 1. The molecule has 1 amide bonds. The molecule has 0 aliphatic rings. The summed E-state index contributed by atoms with van der Waals surface area (Å²) in [7, 11) is 2.99. The Labute approximate surface area is 194 Å². The van der Waals surface area contributed by atoms with E-state index in [4.69, 9.17) is 9.47 Å². The fourth-order valence-corrected chi connectivity index (χ4v) is 3.58. The smallest absolute Gasteiger partial charge is 0.244 e. The van der Waals surface area contributed by atoms with Gasteiger partial charge in [-0.15, -0.1) is 0 Å². The Morgan fingerprint density at radius 3 is 2.21 bits per heavy atom. The molecule has 0 bridgehead atoms. The van der Waals surface area contributed by atoms with Crippen molar-refractivity contribution in [3.63, 3.8) is 0 Å². The number of nitrogens with zero attached hydrogens (tertiary/aromatic N) is 1. The molecule has 0 atom stereocenters. The minimum absolute atomic E-state index is 0.0829. The number of ketones is 1. The van der Waals surface area contributed by atoms with Crippen molar-refractivity contribution in [1.82, 2.24) is 4.57 Å². The van der Waals surface area contributed by atoms with Crippen LogP contribution < -0.4 is 20.2 Å². The van der Waals surface area contributed by atoms with E-state index in [1.165, 1.54) is 55.3 Å². The second kappa shape index (κ2) is 9.58. The van der Waals surface area contributed by atoms with E-state index in [2.05, 4.69) is 5.32 Å². The molecule has 0 aliphatic carbocycles. The first-order chi connectivity index (χ1) is 16.4. The van der Waals surface area contributed by atoms with E-state index in [0.717, 1.165) is 0 Å². The fraction of sp³-hybridized carbons (Fsp3) is 0.115. The van der Waals surface area contributed by atoms with Crippen LogP contribution in [0, 0.1) is 5.82 Å². The van der Waals surface area contributed by atoms with Gasteiger partial charge in [-0.25, -0.2) is 4.39 Å². The number of benzene rings is 3. The number of rotatable bonds is 7. The highest BCUT2D eigenvalue weighted by molar-refractivity contribution is 6.10. The van der Waals surface area contributed by atoms with Crippen LogP contribution in [-0.4, -0.2) is 30.5 Å². The van der Waals surface area contributed by atoms with Crippen molar-refractivity contribution in [2.45, 2.75) is 6.54 Å². The van der Waals surface area contributed by atoms with E-state index in [9.17, 15) is 18.8 Å². The minimum atomic E-state index is -0.481. The van der Waals surface area contributed by atoms with E-state index in [0.29, 0.717) is 28.3 Å². The molecule has 4 aromatic rings. The van der Waals surface area contributed by atoms with Gasteiger partial charge in [0.1, 0.15) is 23.9 Å². The summed E-state index contributed by atoms with van der Waals surface area (Å²) in [4.78, 5) is 39.2. The first-order valence-corrected chi connectivity index (χ1v) is 10.3. The summed E-state index contributed by atoms with van der Waals surface area (Å²) in [5.74, 6) is -0.282. The molecule has 0 spiro atoms. The standard InChI is InChI=1S/C26H21FN2O5/c1-33-19-9-3-16(4-10-19)25(31)22-14-29(15-24(30)28-18-7-5-17(27)6-8-18)23-12-11-20(34-2)13-21(23)26(22)32/h3-14H,15H2,1-2H3,(H,28,30). The molecule has 0 unspecified atom stereocenters. The lowest BCUT2D eigenvalue weighted by Crippen LogP contribution is -2.24. The zero-order valence-electron chi connectivity index (χ0n) is 18.5. The van der Waals surface area contributed by atoms with E-state index in [1.54, 1.807) is 36.4 Å². The van der Waals surface area contributed by atoms with Crippen LogP contribution in [-0.2, 0) is 11.3 Å². The van der Waals surface area contributed by atoms with Gasteiger partial charge in [0.05, 0.1) is 30.7 Å². The van der Waals surface area contributed by atoms with Gasteiger partial charge >= 0.3 is 0 Å². The largest absolute Gasteiger partial charge is 0.497 e. The third-order valence-electron chi connectivity index (χ3n) is 5.33. The molecule has 1 N–H and O–H groups in total. The Morgan fingerprint density at radius 1 is 0.912 bits per heavy atom. The van der Waals surface area contributed by atoms with Gasteiger partial charge in [0, 0.05) is 17.4 Å². The van der Waals surface area contributed by atoms with Crippen molar-refractivity contribution in [3.8, 4) is 11.5 Å². The first kappa shape index (κ1) is 22.7. The number of carbonyl (C=O) groups is 2. The van der Waals surface area contributed by atoms with Gasteiger partial charge in [-0.2, -0.15) is 0 Å². The minimum Gasteiger partial charge on any atom is -0.497 e. The number of ether oxygens (including phenoxy) is 2. The second-order valence-electron chi connectivity index (χ2n) is 7.50. The van der Waals surface area contributed by atoms with E-state index >= 15 is 0 Å². The molecule has 0 radical (unpaired) electrons. The summed E-state index contributed by atoms with van der Waals surface area (Å²) in [5, 5.41) is 2.93. The fourth-order valence-electron chi connectivity index (χ4n) is 3.58. The Morgan fingerprint density at radius 2 is 1.56 bits per heavy atom. The van der Waals surface area contributed by atoms with Gasteiger partial charge in [-0.1, -0.05) is 0 Å². The number of hydrogen-bond donors (Lipinski definition) is 1. The summed E-state index contributed by atoms with van der Waals surface area (Å²) in [6, 6.07) is 16.6. The van der Waals surface area contributed by atoms with E-state index < -0.39 is 22.9 Å². The number of pyridine rings is 1. The van der Waals surface area contributed by atoms with Crippen LogP contribution in [0.4, 0.5) is 10.1 Å². The Bertz CT molecular complexity index is 1430. The number of nitrogens with one attached hydrogen (secondary N) is 1. The summed E-state index contributed by atoms with van der Waals surface area (Å²) < 4.78 is 25.0. The quantitative estimate of drug-likeness (QED) is 0.421. The molecule has 4 rings (SSSR count). The molecule has 1 heterocycles. The van der Waals surface area contributed by atoms with Crippen LogP contribution in [0.25, 0.3) is 10.9 Å². The van der Waals surface area contributed by atoms with Crippen LogP contribution in [0.2, 0.25) is 0 Å². The Kier molecular flexibility index (Phi) is 6.40. The lowest BCUT2D eigenvalue weighted by atomic mass is 10.0. The normalized spacial score (nSPS) is 10.7. The maximum absolute atomic E-state index is 13.2. The SMILES string of the molecule is COc1ccc(C(=O)c2cn(CC(=O)Nc3ccc(F)cc3)c3ccc(OC)cc3c2=O)cc1. The number of carbonyl (C=O) groups excluding carboxylic acids is 2. The molecule has 0 aliphatic heterocycles. The van der Waals surface area contributed by atoms with Gasteiger partial charge in [0.2, 0.25) is 11.3 Å². The average Bonchev–Trinajstić information content (AvgIpc) is 2.86. The lowest BCUT2D eigenvalue weighted by Gasteiger charge is -2.14. The average molecular weight is 460 g/mol. The zero-order chi connectivity index (χ0) is 24.2. The zero-order valence-corrected chi connectivity index (χ0v) is 18.5. The Balaban J connectivity index is 1.76. The highest BCUT2D eigenvalue weighted by Gasteiger charge is 2.19. The third-order valence-corrected chi connectivity index (χ3v) is 5.33. The van der Waals surface area contributed by atoms with Crippen LogP contribution in [0.3, 0.4) is 0 Å². The van der Waals surface area contributed by atoms with Crippen molar-refractivity contribution < 1.29 is 23.5 Å². The van der Waals surface area contributed by atoms with Crippen LogP contribution in [0.5, 0.6) is 11.5 Å². The van der Waals surface area contributed by atoms with Crippen molar-refractivity contribution >= 4 is 28.3 Å². The molecule has 0 saturated heterocycles. The maximum atomic E-state index is 13.2. The number of anilines is 1. The Hall–Kier alpha value is -4.46. The first-order valence-electron chi connectivity index (χ1n) is 10.3. The highest BCUT2D eigenvalue weighted by Crippen LogP contribution is 2.21. The molecule has 3 aromatic carbocycles. The summed E-state index contributed by atoms with van der Waals surface area (Å²) >= 11 is 0. The van der Waals surface area contributed by atoms with E-state index in [-0.39, 0.29) is 17.5 Å². The van der Waals surface area contributed by atoms with Crippen molar-refractivity contribution in [2.24, 2.45) is 0 Å². The number of halogens is 1. The highest BCUT2D eigenvalue weighted by atomic mass is 19.1. The van der Waals surface area contributed by atoms with Gasteiger partial charge < -0.3 is 19.4 Å². The molecular formula is C26H21FN2O5. The molecular weight excluding hydrogens is 439 g/mol. The third kappa shape index (κ3) is 4.66. The lowest BCUT2D eigenvalue weighted by molar-refractivity contribution is -0.116. The molecule has 8 heteroatoms. The van der Waals surface area contributed by atoms with Crippen LogP contribution >= 0.6 is 0 Å². The van der Waals surface area contributed by atoms with Crippen LogP contribution in [0.15, 0.2) is 77.7 Å². The van der Waals surface area contributed by atoms with Gasteiger partial charge in [-0.05, 0) is 66.7 Å². The van der Waals surface area contributed by atoms with Crippen molar-refractivity contribution in [3.05, 3.63) is 100 Å². The van der Waals surface area contributed by atoms with Gasteiger partial charge in [0.25, 0.3) is 0 Å². The van der Waals surface area contributed by atoms with Crippen molar-refractivity contribution in [1.29, 1.82) is 0 Å². The molecule has 0 saturated carbocycles. The van der Waals surface area contributed by atoms with Gasteiger partial charge in [-0.3, -0.25) is 14.4 Å². The molecule has 172 valence electrons. The van der Waals surface area contributed by atoms with Crippen molar-refractivity contribution in [2.75, 3.05) is 19.5 Å². The molecule has 0 fully saturated rings. The monoisotopic (exact) mass is 460 g/mol. The topological polar surface area (TPSA) is 86.6 Å². The second-order valence-corrected chi connectivity index (χ2v) is 7.50. The van der Waals surface area contributed by atoms with E-state index in [1.807, 2.05) is 0 Å². The number of hydrogen-bond acceptors (Lipinski definition) is 5. The molecule has 7 nitrogen and oxygen atoms in total. The molecule has 1 aromatic heterocycles. The van der Waals surface area contributed by atoms with Crippen LogP contribution in [0.1, 0.15) is 15.9 Å². The summed E-state index contributed by atoms with van der Waals surface area (Å²) in [6.07, 6.45) is 1.38. The number of aromatic nitrogens is 1. The summed E-state index contributed by atoms with van der Waals surface area (Å²) in [6.45, 7) is -0.177. The number of amides is 1. The summed E-state index contributed by atoms with van der Waals surface area (Å²) in [5.41, 5.74) is 0.646.